The summed E-state index contributed by atoms with van der Waals surface area (Å²) in [6.45, 7) is 1.89. The molecule has 1 aromatic carbocycles. The first kappa shape index (κ1) is 23.0. The lowest BCUT2D eigenvalue weighted by Crippen LogP contribution is -2.34. The fraction of sp³-hybridized carbons (Fsp3) is 0.400. The van der Waals surface area contributed by atoms with Crippen LogP contribution in [0.4, 0.5) is 5.82 Å². The van der Waals surface area contributed by atoms with Gasteiger partial charge < -0.3 is 19.4 Å². The Morgan fingerprint density at radius 3 is 2.91 bits per heavy atom. The lowest BCUT2D eigenvalue weighted by atomic mass is 10.1. The molecule has 0 radical (unpaired) electrons. The summed E-state index contributed by atoms with van der Waals surface area (Å²) >= 11 is 0. The number of methoxy groups -OCH3 is 1. The molecule has 10 nitrogen and oxygen atoms in total. The maximum atomic E-state index is 12.6. The minimum absolute atomic E-state index is 0.00163. The third-order valence-corrected chi connectivity index (χ3v) is 6.37. The Bertz CT molecular complexity index is 1340. The Morgan fingerprint density at radius 1 is 1.17 bits per heavy atom. The second-order valence-corrected chi connectivity index (χ2v) is 8.79. The number of ether oxygens (including phenoxy) is 2. The van der Waals surface area contributed by atoms with Crippen LogP contribution < -0.4 is 25.2 Å². The highest BCUT2D eigenvalue weighted by molar-refractivity contribution is 5.95. The molecule has 182 valence electrons. The van der Waals surface area contributed by atoms with Crippen molar-refractivity contribution in [2.24, 2.45) is 0 Å². The summed E-state index contributed by atoms with van der Waals surface area (Å²) in [7, 11) is 1.59. The number of carbonyl (C=O) groups excluding carboxylic acids is 2. The van der Waals surface area contributed by atoms with Gasteiger partial charge in [0, 0.05) is 31.6 Å². The predicted molar refractivity (Wildman–Crippen MR) is 129 cm³/mol. The molecule has 1 atom stereocenters. The van der Waals surface area contributed by atoms with Crippen LogP contribution in [0.3, 0.4) is 0 Å². The number of Topliss-reactive ketones (excluding diaryl/α,β-unsaturated/α-hetero) is 1. The van der Waals surface area contributed by atoms with E-state index in [0.717, 1.165) is 30.4 Å². The molecule has 1 N–H and O–H groups in total. The molecular formula is C25H27N5O5. The number of hydrogen-bond acceptors (Lipinski definition) is 8. The minimum atomic E-state index is -0.139. The molecular weight excluding hydrogens is 450 g/mol. The van der Waals surface area contributed by atoms with Crippen molar-refractivity contribution < 1.29 is 19.1 Å². The van der Waals surface area contributed by atoms with Crippen molar-refractivity contribution in [2.45, 2.75) is 38.3 Å². The van der Waals surface area contributed by atoms with Crippen LogP contribution in [0.2, 0.25) is 0 Å². The van der Waals surface area contributed by atoms with E-state index in [-0.39, 0.29) is 36.3 Å². The van der Waals surface area contributed by atoms with Crippen LogP contribution in [0.15, 0.2) is 41.3 Å². The van der Waals surface area contributed by atoms with Crippen molar-refractivity contribution in [1.29, 1.82) is 0 Å². The van der Waals surface area contributed by atoms with Gasteiger partial charge in [-0.05, 0) is 43.7 Å². The van der Waals surface area contributed by atoms with Crippen molar-refractivity contribution in [3.63, 3.8) is 0 Å². The molecule has 0 aliphatic carbocycles. The smallest absolute Gasteiger partial charge is 0.269 e. The standard InChI is InChI=1S/C25H27N5O5/c1-34-18-4-5-19-21(12-18)29(25(33)13-27-19)9-3-2-8-26-16-10-24(32)30(14-16)23-7-6-22-20(28-23)11-17(31)15-35-22/h4-7,12-13,16,26H,2-3,8-11,14-15H2,1H3. The quantitative estimate of drug-likeness (QED) is 0.485. The maximum Gasteiger partial charge on any atom is 0.269 e. The average Bonchev–Trinajstić information content (AvgIpc) is 3.24. The molecule has 2 aromatic heterocycles. The molecule has 0 saturated carbocycles. The number of unbranched alkanes of at least 4 members (excludes halogenated alkanes) is 1. The van der Waals surface area contributed by atoms with Gasteiger partial charge in [-0.3, -0.25) is 19.3 Å². The van der Waals surface area contributed by atoms with Gasteiger partial charge in [-0.15, -0.1) is 0 Å². The fourth-order valence-corrected chi connectivity index (χ4v) is 4.55. The van der Waals surface area contributed by atoms with Crippen molar-refractivity contribution >= 4 is 28.5 Å². The number of nitrogens with one attached hydrogen (secondary N) is 1. The van der Waals surface area contributed by atoms with E-state index in [9.17, 15) is 14.4 Å². The number of amides is 1. The van der Waals surface area contributed by atoms with Crippen molar-refractivity contribution in [3.05, 3.63) is 52.6 Å². The van der Waals surface area contributed by atoms with Gasteiger partial charge in [-0.1, -0.05) is 0 Å². The lowest BCUT2D eigenvalue weighted by molar-refractivity contribution is -0.121. The number of ketones is 1. The first-order valence-electron chi connectivity index (χ1n) is 11.7. The van der Waals surface area contributed by atoms with Gasteiger partial charge in [0.05, 0.1) is 36.5 Å². The average molecular weight is 478 g/mol. The van der Waals surface area contributed by atoms with Crippen molar-refractivity contribution in [2.75, 3.05) is 31.7 Å². The molecule has 1 amide bonds. The Labute approximate surface area is 201 Å². The second kappa shape index (κ2) is 9.83. The normalized spacial score (nSPS) is 17.5. The number of anilines is 1. The molecule has 35 heavy (non-hydrogen) atoms. The zero-order valence-electron chi connectivity index (χ0n) is 19.5. The second-order valence-electron chi connectivity index (χ2n) is 8.79. The Morgan fingerprint density at radius 2 is 2.06 bits per heavy atom. The molecule has 10 heteroatoms. The fourth-order valence-electron chi connectivity index (χ4n) is 4.55. The van der Waals surface area contributed by atoms with Crippen LogP contribution in [0, 0.1) is 0 Å². The highest BCUT2D eigenvalue weighted by atomic mass is 16.5. The van der Waals surface area contributed by atoms with E-state index in [2.05, 4.69) is 15.3 Å². The molecule has 3 aromatic rings. The number of benzene rings is 1. The van der Waals surface area contributed by atoms with Gasteiger partial charge in [0.1, 0.15) is 23.9 Å². The van der Waals surface area contributed by atoms with Crippen molar-refractivity contribution in [3.8, 4) is 11.5 Å². The van der Waals surface area contributed by atoms with E-state index in [1.165, 1.54) is 6.20 Å². The number of fused-ring (bicyclic) bond motifs is 2. The predicted octanol–water partition coefficient (Wildman–Crippen LogP) is 1.48. The van der Waals surface area contributed by atoms with E-state index in [0.29, 0.717) is 42.5 Å². The van der Waals surface area contributed by atoms with E-state index in [1.54, 1.807) is 28.7 Å². The van der Waals surface area contributed by atoms with E-state index >= 15 is 0 Å². The summed E-state index contributed by atoms with van der Waals surface area (Å²) in [6.07, 6.45) is 3.62. The summed E-state index contributed by atoms with van der Waals surface area (Å²) in [5.41, 5.74) is 1.95. The molecule has 1 unspecified atom stereocenters. The van der Waals surface area contributed by atoms with Gasteiger partial charge in [0.2, 0.25) is 5.91 Å². The van der Waals surface area contributed by atoms with Gasteiger partial charge in [-0.25, -0.2) is 9.97 Å². The number of pyridine rings is 1. The Hall–Kier alpha value is -3.79. The highest BCUT2D eigenvalue weighted by Crippen LogP contribution is 2.27. The summed E-state index contributed by atoms with van der Waals surface area (Å²) < 4.78 is 12.4. The van der Waals surface area contributed by atoms with Gasteiger partial charge >= 0.3 is 0 Å². The summed E-state index contributed by atoms with van der Waals surface area (Å²) in [5, 5.41) is 3.45. The van der Waals surface area contributed by atoms with Gasteiger partial charge in [0.25, 0.3) is 5.56 Å². The topological polar surface area (TPSA) is 116 Å². The minimum Gasteiger partial charge on any atom is -0.497 e. The zero-order chi connectivity index (χ0) is 24.4. The number of aryl methyl sites for hydroxylation is 1. The third-order valence-electron chi connectivity index (χ3n) is 6.37. The third kappa shape index (κ3) is 4.88. The number of carbonyl (C=O) groups is 2. The molecule has 0 spiro atoms. The summed E-state index contributed by atoms with van der Waals surface area (Å²) in [6, 6.07) is 9.06. The molecule has 2 aliphatic heterocycles. The Kier molecular flexibility index (Phi) is 6.45. The maximum absolute atomic E-state index is 12.6. The zero-order valence-corrected chi connectivity index (χ0v) is 19.5. The molecule has 1 saturated heterocycles. The largest absolute Gasteiger partial charge is 0.497 e. The summed E-state index contributed by atoms with van der Waals surface area (Å²) in [4.78, 5) is 47.0. The number of rotatable bonds is 8. The van der Waals surface area contributed by atoms with Gasteiger partial charge in [-0.2, -0.15) is 0 Å². The van der Waals surface area contributed by atoms with E-state index < -0.39 is 0 Å². The van der Waals surface area contributed by atoms with Crippen LogP contribution >= 0.6 is 0 Å². The SMILES string of the molecule is COc1ccc2ncc(=O)n(CCCCNC3CC(=O)N(c4ccc5c(n4)CC(=O)CO5)C3)c2c1. The molecule has 5 rings (SSSR count). The van der Waals surface area contributed by atoms with Crippen LogP contribution in [-0.2, 0) is 22.6 Å². The molecule has 1 fully saturated rings. The first-order valence-corrected chi connectivity index (χ1v) is 11.7. The highest BCUT2D eigenvalue weighted by Gasteiger charge is 2.32. The summed E-state index contributed by atoms with van der Waals surface area (Å²) in [5.74, 6) is 1.82. The Balaban J connectivity index is 1.14. The first-order chi connectivity index (χ1) is 17.0. The molecule has 0 bridgehead atoms. The van der Waals surface area contributed by atoms with Gasteiger partial charge in [0.15, 0.2) is 5.78 Å². The lowest BCUT2D eigenvalue weighted by Gasteiger charge is -2.20. The monoisotopic (exact) mass is 477 g/mol. The van der Waals surface area contributed by atoms with Crippen LogP contribution in [0.5, 0.6) is 11.5 Å². The van der Waals surface area contributed by atoms with Crippen LogP contribution in [0.25, 0.3) is 11.0 Å². The van der Waals surface area contributed by atoms with E-state index in [4.69, 9.17) is 9.47 Å². The van der Waals surface area contributed by atoms with E-state index in [1.807, 2.05) is 18.2 Å². The number of nitrogens with zero attached hydrogens (tertiary/aromatic N) is 4. The number of hydrogen-bond donors (Lipinski definition) is 1. The molecule has 2 aliphatic rings. The van der Waals surface area contributed by atoms with Crippen LogP contribution in [0.1, 0.15) is 25.0 Å². The number of aromatic nitrogens is 3. The van der Waals surface area contributed by atoms with Crippen molar-refractivity contribution in [1.82, 2.24) is 19.9 Å². The molecule has 4 heterocycles. The van der Waals surface area contributed by atoms with Crippen LogP contribution in [-0.4, -0.2) is 59.1 Å².